The summed E-state index contributed by atoms with van der Waals surface area (Å²) in [4.78, 5) is 0. The standard InChI is InChI=1S/C3H5IN4/c4-1-2-8-3-5-6-7-8/h3H,1-2H2/p+1. The van der Waals surface area contributed by atoms with Crippen molar-refractivity contribution >= 4 is 22.6 Å². The summed E-state index contributed by atoms with van der Waals surface area (Å²) in [5.41, 5.74) is 0. The van der Waals surface area contributed by atoms with E-state index in [1.165, 1.54) is 0 Å². The molecule has 5 heteroatoms. The number of nitrogens with one attached hydrogen (secondary N) is 1. The van der Waals surface area contributed by atoms with Crippen LogP contribution in [0.1, 0.15) is 0 Å². The van der Waals surface area contributed by atoms with Crippen LogP contribution in [0.15, 0.2) is 6.33 Å². The van der Waals surface area contributed by atoms with Crippen LogP contribution in [-0.4, -0.2) is 20.0 Å². The van der Waals surface area contributed by atoms with Gasteiger partial charge in [-0.1, -0.05) is 27.8 Å². The molecule has 0 atom stereocenters. The van der Waals surface area contributed by atoms with E-state index in [4.69, 9.17) is 0 Å². The monoisotopic (exact) mass is 225 g/mol. The van der Waals surface area contributed by atoms with Gasteiger partial charge in [0.15, 0.2) is 5.21 Å². The smallest absolute Gasteiger partial charge is 0.164 e. The van der Waals surface area contributed by atoms with E-state index in [9.17, 15) is 0 Å². The van der Waals surface area contributed by atoms with Crippen LogP contribution in [-0.2, 0) is 6.54 Å². The summed E-state index contributed by atoms with van der Waals surface area (Å²) in [6.07, 6.45) is 1.67. The first-order chi connectivity index (χ1) is 3.93. The van der Waals surface area contributed by atoms with Crippen molar-refractivity contribution in [3.8, 4) is 0 Å². The molecule has 4 nitrogen and oxygen atoms in total. The maximum atomic E-state index is 3.59. The first-order valence-corrected chi connectivity index (χ1v) is 3.77. The number of rotatable bonds is 2. The van der Waals surface area contributed by atoms with E-state index in [-0.39, 0.29) is 0 Å². The lowest BCUT2D eigenvalue weighted by Gasteiger charge is -1.83. The van der Waals surface area contributed by atoms with E-state index in [2.05, 4.69) is 38.1 Å². The number of aromatic nitrogens is 4. The quantitative estimate of drug-likeness (QED) is 0.420. The van der Waals surface area contributed by atoms with Crippen molar-refractivity contribution in [1.29, 1.82) is 0 Å². The highest BCUT2D eigenvalue weighted by molar-refractivity contribution is 14.1. The first-order valence-electron chi connectivity index (χ1n) is 2.25. The Morgan fingerprint density at radius 2 is 2.62 bits per heavy atom. The summed E-state index contributed by atoms with van der Waals surface area (Å²) >= 11 is 2.29. The van der Waals surface area contributed by atoms with E-state index < -0.39 is 0 Å². The van der Waals surface area contributed by atoms with E-state index in [1.54, 1.807) is 6.33 Å². The molecule has 0 amide bonds. The molecule has 0 aliphatic rings. The van der Waals surface area contributed by atoms with Gasteiger partial charge >= 0.3 is 0 Å². The molecule has 0 aromatic carbocycles. The average molecular weight is 225 g/mol. The van der Waals surface area contributed by atoms with Gasteiger partial charge in [0.05, 0.1) is 6.54 Å². The number of hydrogen-bond donors (Lipinski definition) is 1. The van der Waals surface area contributed by atoms with Gasteiger partial charge in [-0.15, -0.1) is 0 Å². The minimum absolute atomic E-state index is 0.952. The number of nitrogens with zero attached hydrogens (tertiary/aromatic N) is 3. The van der Waals surface area contributed by atoms with Crippen molar-refractivity contribution in [1.82, 2.24) is 15.5 Å². The number of H-pyrrole nitrogens is 1. The zero-order valence-corrected chi connectivity index (χ0v) is 6.37. The van der Waals surface area contributed by atoms with Gasteiger partial charge in [-0.05, 0) is 0 Å². The topological polar surface area (TPSA) is 45.5 Å². The largest absolute Gasteiger partial charge is 0.288 e. The van der Waals surface area contributed by atoms with Crippen molar-refractivity contribution in [2.24, 2.45) is 0 Å². The van der Waals surface area contributed by atoms with Gasteiger partial charge in [-0.3, -0.25) is 0 Å². The van der Waals surface area contributed by atoms with E-state index in [1.807, 2.05) is 4.68 Å². The molecule has 0 aliphatic heterocycles. The van der Waals surface area contributed by atoms with Crippen LogP contribution in [0.5, 0.6) is 0 Å². The predicted molar refractivity (Wildman–Crippen MR) is 35.5 cm³/mol. The third-order valence-electron chi connectivity index (χ3n) is 0.747. The molecule has 1 aromatic heterocycles. The second-order valence-electron chi connectivity index (χ2n) is 1.31. The second-order valence-corrected chi connectivity index (χ2v) is 2.39. The Balaban J connectivity index is 2.50. The molecular weight excluding hydrogens is 219 g/mol. The normalized spacial score (nSPS) is 9.62. The highest BCUT2D eigenvalue weighted by atomic mass is 127. The lowest BCUT2D eigenvalue weighted by Crippen LogP contribution is -2.35. The van der Waals surface area contributed by atoms with Crippen LogP contribution in [0.25, 0.3) is 0 Å². The van der Waals surface area contributed by atoms with Crippen molar-refractivity contribution in [2.45, 2.75) is 6.54 Å². The highest BCUT2D eigenvalue weighted by Gasteiger charge is 1.93. The third kappa shape index (κ3) is 1.39. The molecular formula is C3H6IN4+. The van der Waals surface area contributed by atoms with Gasteiger partial charge in [-0.2, -0.15) is 4.68 Å². The number of halogens is 1. The Morgan fingerprint density at radius 1 is 1.75 bits per heavy atom. The summed E-state index contributed by atoms with van der Waals surface area (Å²) in [6, 6.07) is 0. The number of hydrogen-bond acceptors (Lipinski definition) is 2. The number of tetrazole rings is 1. The van der Waals surface area contributed by atoms with Crippen LogP contribution < -0.4 is 4.68 Å². The Hall–Kier alpha value is -0.200. The van der Waals surface area contributed by atoms with Gasteiger partial charge in [0.1, 0.15) is 5.10 Å². The van der Waals surface area contributed by atoms with E-state index >= 15 is 0 Å². The lowest BCUT2D eigenvalue weighted by molar-refractivity contribution is -0.749. The molecule has 0 aliphatic carbocycles. The van der Waals surface area contributed by atoms with Gasteiger partial charge < -0.3 is 0 Å². The van der Waals surface area contributed by atoms with E-state index in [0.717, 1.165) is 11.0 Å². The molecule has 0 radical (unpaired) electrons. The van der Waals surface area contributed by atoms with Crippen LogP contribution >= 0.6 is 22.6 Å². The summed E-state index contributed by atoms with van der Waals surface area (Å²) in [7, 11) is 0. The van der Waals surface area contributed by atoms with Crippen LogP contribution in [0, 0.1) is 0 Å². The van der Waals surface area contributed by atoms with Gasteiger partial charge in [-0.25, -0.2) is 0 Å². The SMILES string of the molecule is ICC[n+]1cnn[nH]1. The number of aromatic amines is 1. The molecule has 0 fully saturated rings. The Labute approximate surface area is 60.4 Å². The Morgan fingerprint density at radius 3 is 3.12 bits per heavy atom. The zero-order chi connectivity index (χ0) is 5.82. The Kier molecular flexibility index (Phi) is 2.19. The summed E-state index contributed by atoms with van der Waals surface area (Å²) in [6.45, 7) is 0.952. The minimum Gasteiger partial charge on any atom is -0.164 e. The molecule has 8 heavy (non-hydrogen) atoms. The van der Waals surface area contributed by atoms with Crippen LogP contribution in [0.3, 0.4) is 0 Å². The van der Waals surface area contributed by atoms with Crippen molar-refractivity contribution < 1.29 is 4.68 Å². The maximum absolute atomic E-state index is 3.59. The summed E-state index contributed by atoms with van der Waals surface area (Å²) in [5.74, 6) is 0. The second kappa shape index (κ2) is 2.95. The van der Waals surface area contributed by atoms with Gasteiger partial charge in [0.2, 0.25) is 0 Å². The molecule has 1 heterocycles. The Bertz CT molecular complexity index is 137. The third-order valence-corrected chi connectivity index (χ3v) is 1.23. The van der Waals surface area contributed by atoms with Crippen molar-refractivity contribution in [3.63, 3.8) is 0 Å². The molecule has 0 spiro atoms. The minimum atomic E-state index is 0.952. The molecule has 0 saturated carbocycles. The van der Waals surface area contributed by atoms with Crippen molar-refractivity contribution in [2.75, 3.05) is 4.43 Å². The zero-order valence-electron chi connectivity index (χ0n) is 4.21. The number of alkyl halides is 1. The molecule has 1 N–H and O–H groups in total. The molecule has 0 unspecified atom stereocenters. The lowest BCUT2D eigenvalue weighted by atomic mass is 10.8. The fraction of sp³-hybridized carbons (Fsp3) is 0.667. The van der Waals surface area contributed by atoms with Crippen molar-refractivity contribution in [3.05, 3.63) is 6.33 Å². The summed E-state index contributed by atoms with van der Waals surface area (Å²) < 4.78 is 2.90. The van der Waals surface area contributed by atoms with Gasteiger partial charge in [0.25, 0.3) is 6.33 Å². The molecule has 0 bridgehead atoms. The molecule has 44 valence electrons. The van der Waals surface area contributed by atoms with E-state index in [0.29, 0.717) is 0 Å². The fourth-order valence-corrected chi connectivity index (χ4v) is 0.916. The maximum Gasteiger partial charge on any atom is 0.288 e. The van der Waals surface area contributed by atoms with Crippen LogP contribution in [0.4, 0.5) is 0 Å². The predicted octanol–water partition coefficient (Wildman–Crippen LogP) is -0.473. The molecule has 1 rings (SSSR count). The fourth-order valence-electron chi connectivity index (χ4n) is 0.396. The average Bonchev–Trinajstić information content (AvgIpc) is 2.19. The first kappa shape index (κ1) is 5.93. The summed E-state index contributed by atoms with van der Waals surface area (Å²) in [5, 5.41) is 9.81. The number of aryl methyl sites for hydroxylation is 1. The van der Waals surface area contributed by atoms with Gasteiger partial charge in [0, 0.05) is 4.43 Å². The van der Waals surface area contributed by atoms with Crippen LogP contribution in [0.2, 0.25) is 0 Å². The molecule has 0 saturated heterocycles. The highest BCUT2D eigenvalue weighted by Crippen LogP contribution is 1.75. The molecule has 1 aromatic rings.